The van der Waals surface area contributed by atoms with E-state index >= 15 is 0 Å². The first kappa shape index (κ1) is 16.3. The molecule has 0 bridgehead atoms. The third kappa shape index (κ3) is 3.22. The molecule has 1 aliphatic heterocycles. The molecule has 0 radical (unpaired) electrons. The minimum atomic E-state index is 0.447. The van der Waals surface area contributed by atoms with Crippen molar-refractivity contribution in [1.29, 1.82) is 0 Å². The molecule has 0 aromatic carbocycles. The van der Waals surface area contributed by atoms with Gasteiger partial charge in [-0.05, 0) is 69.2 Å². The van der Waals surface area contributed by atoms with Crippen LogP contribution in [-0.2, 0) is 0 Å². The van der Waals surface area contributed by atoms with E-state index in [2.05, 4.69) is 39.5 Å². The summed E-state index contributed by atoms with van der Waals surface area (Å²) >= 11 is 0. The molecule has 1 heterocycles. The number of hydrogen-bond donors (Lipinski definition) is 1. The molecule has 2 aliphatic rings. The Labute approximate surface area is 126 Å². The van der Waals surface area contributed by atoms with Crippen LogP contribution in [0.4, 0.5) is 0 Å². The van der Waals surface area contributed by atoms with Crippen molar-refractivity contribution in [2.24, 2.45) is 23.0 Å². The second-order valence-corrected chi connectivity index (χ2v) is 8.37. The van der Waals surface area contributed by atoms with Gasteiger partial charge in [-0.25, -0.2) is 0 Å². The number of nitrogens with zero attached hydrogens (tertiary/aromatic N) is 1. The lowest BCUT2D eigenvalue weighted by atomic mass is 9.67. The van der Waals surface area contributed by atoms with E-state index in [1.165, 1.54) is 38.5 Å². The van der Waals surface area contributed by atoms with Crippen molar-refractivity contribution in [3.8, 4) is 0 Å². The predicted octanol–water partition coefficient (Wildman–Crippen LogP) is 4.04. The summed E-state index contributed by atoms with van der Waals surface area (Å²) in [5.74, 6) is 1.59. The maximum absolute atomic E-state index is 6.12. The van der Waals surface area contributed by atoms with Crippen molar-refractivity contribution >= 4 is 0 Å². The van der Waals surface area contributed by atoms with E-state index in [0.717, 1.165) is 36.5 Å². The molecule has 1 saturated carbocycles. The monoisotopic (exact) mass is 280 g/mol. The number of hydrogen-bond acceptors (Lipinski definition) is 2. The van der Waals surface area contributed by atoms with Crippen molar-refractivity contribution < 1.29 is 0 Å². The molecule has 0 spiro atoms. The quantitative estimate of drug-likeness (QED) is 0.845. The van der Waals surface area contributed by atoms with Gasteiger partial charge in [-0.2, -0.15) is 0 Å². The third-order valence-corrected chi connectivity index (χ3v) is 6.19. The zero-order valence-corrected chi connectivity index (χ0v) is 14.4. The molecule has 2 fully saturated rings. The highest BCUT2D eigenvalue weighted by Crippen LogP contribution is 2.44. The molecule has 2 rings (SSSR count). The maximum Gasteiger partial charge on any atom is 0.0144 e. The van der Waals surface area contributed by atoms with Gasteiger partial charge >= 0.3 is 0 Å². The predicted molar refractivity (Wildman–Crippen MR) is 87.7 cm³/mol. The summed E-state index contributed by atoms with van der Waals surface area (Å²) < 4.78 is 0. The zero-order valence-electron chi connectivity index (χ0n) is 14.4. The van der Waals surface area contributed by atoms with Gasteiger partial charge in [0.05, 0.1) is 0 Å². The van der Waals surface area contributed by atoms with Gasteiger partial charge in [0.15, 0.2) is 0 Å². The molecular weight excluding hydrogens is 244 g/mol. The first-order valence-electron chi connectivity index (χ1n) is 8.86. The fourth-order valence-electron chi connectivity index (χ4n) is 4.74. The summed E-state index contributed by atoms with van der Waals surface area (Å²) in [5.41, 5.74) is 6.57. The molecule has 118 valence electrons. The topological polar surface area (TPSA) is 29.3 Å². The standard InChI is InChI=1S/C18H36N2/c1-6-16-10-7-13(2)20(16)17-11-15(18(3,4)5)9-8-14(17)12-19/h13-17H,6-12,19H2,1-5H3. The minimum absolute atomic E-state index is 0.447. The maximum atomic E-state index is 6.12. The van der Waals surface area contributed by atoms with Gasteiger partial charge in [-0.1, -0.05) is 27.7 Å². The molecule has 5 unspecified atom stereocenters. The van der Waals surface area contributed by atoms with Crippen LogP contribution < -0.4 is 5.73 Å². The zero-order chi connectivity index (χ0) is 14.9. The van der Waals surface area contributed by atoms with Crippen LogP contribution in [0.25, 0.3) is 0 Å². The van der Waals surface area contributed by atoms with E-state index in [0.29, 0.717) is 5.41 Å². The van der Waals surface area contributed by atoms with Crippen molar-refractivity contribution in [3.05, 3.63) is 0 Å². The van der Waals surface area contributed by atoms with E-state index in [1.807, 2.05) is 0 Å². The van der Waals surface area contributed by atoms with E-state index in [9.17, 15) is 0 Å². The third-order valence-electron chi connectivity index (χ3n) is 6.19. The average molecular weight is 280 g/mol. The molecule has 1 saturated heterocycles. The lowest BCUT2D eigenvalue weighted by molar-refractivity contribution is 0.0190. The van der Waals surface area contributed by atoms with Crippen LogP contribution in [0.1, 0.15) is 73.1 Å². The number of rotatable bonds is 3. The smallest absolute Gasteiger partial charge is 0.0144 e. The van der Waals surface area contributed by atoms with E-state index < -0.39 is 0 Å². The van der Waals surface area contributed by atoms with Gasteiger partial charge < -0.3 is 5.73 Å². The molecule has 20 heavy (non-hydrogen) atoms. The lowest BCUT2D eigenvalue weighted by Crippen LogP contribution is -2.52. The second kappa shape index (κ2) is 6.36. The van der Waals surface area contributed by atoms with Crippen molar-refractivity contribution in [3.63, 3.8) is 0 Å². The van der Waals surface area contributed by atoms with Crippen molar-refractivity contribution in [2.75, 3.05) is 6.54 Å². The Morgan fingerprint density at radius 2 is 1.80 bits per heavy atom. The fraction of sp³-hybridized carbons (Fsp3) is 1.00. The van der Waals surface area contributed by atoms with E-state index in [1.54, 1.807) is 0 Å². The molecule has 2 heteroatoms. The first-order valence-corrected chi connectivity index (χ1v) is 8.86. The summed E-state index contributed by atoms with van der Waals surface area (Å²) in [5, 5.41) is 0. The second-order valence-electron chi connectivity index (χ2n) is 8.37. The number of nitrogens with two attached hydrogens (primary N) is 1. The van der Waals surface area contributed by atoms with Gasteiger partial charge in [0.1, 0.15) is 0 Å². The van der Waals surface area contributed by atoms with Gasteiger partial charge in [0.2, 0.25) is 0 Å². The highest BCUT2D eigenvalue weighted by molar-refractivity contribution is 4.97. The van der Waals surface area contributed by atoms with Crippen molar-refractivity contribution in [2.45, 2.75) is 91.3 Å². The molecule has 0 aromatic rings. The molecule has 1 aliphatic carbocycles. The summed E-state index contributed by atoms with van der Waals surface area (Å²) in [7, 11) is 0. The van der Waals surface area contributed by atoms with Crippen LogP contribution in [0.5, 0.6) is 0 Å². The van der Waals surface area contributed by atoms with Crippen LogP contribution in [0.3, 0.4) is 0 Å². The lowest BCUT2D eigenvalue weighted by Gasteiger charge is -2.48. The highest BCUT2D eigenvalue weighted by atomic mass is 15.2. The Bertz CT molecular complexity index is 307. The van der Waals surface area contributed by atoms with E-state index in [4.69, 9.17) is 5.73 Å². The van der Waals surface area contributed by atoms with Crippen LogP contribution in [0.2, 0.25) is 0 Å². The molecular formula is C18H36N2. The minimum Gasteiger partial charge on any atom is -0.330 e. The average Bonchev–Trinajstić information content (AvgIpc) is 2.77. The van der Waals surface area contributed by atoms with Crippen molar-refractivity contribution in [1.82, 2.24) is 4.90 Å². The summed E-state index contributed by atoms with van der Waals surface area (Å²) in [6.45, 7) is 12.9. The van der Waals surface area contributed by atoms with Gasteiger partial charge in [0, 0.05) is 18.1 Å². The van der Waals surface area contributed by atoms with Gasteiger partial charge in [0.25, 0.3) is 0 Å². The van der Waals surface area contributed by atoms with E-state index in [-0.39, 0.29) is 0 Å². The highest BCUT2D eigenvalue weighted by Gasteiger charge is 2.43. The SMILES string of the molecule is CCC1CCC(C)N1C1CC(C(C)(C)C)CCC1CN. The molecule has 0 amide bonds. The van der Waals surface area contributed by atoms with Crippen LogP contribution in [0, 0.1) is 17.3 Å². The van der Waals surface area contributed by atoms with Gasteiger partial charge in [-0.15, -0.1) is 0 Å². The largest absolute Gasteiger partial charge is 0.330 e. The summed E-state index contributed by atoms with van der Waals surface area (Å²) in [4.78, 5) is 2.87. The molecule has 0 aromatic heterocycles. The summed E-state index contributed by atoms with van der Waals surface area (Å²) in [6.07, 6.45) is 8.16. The Balaban J connectivity index is 2.16. The Hall–Kier alpha value is -0.0800. The van der Waals surface area contributed by atoms with Crippen LogP contribution >= 0.6 is 0 Å². The van der Waals surface area contributed by atoms with Crippen LogP contribution in [0.15, 0.2) is 0 Å². The molecule has 2 N–H and O–H groups in total. The fourth-order valence-corrected chi connectivity index (χ4v) is 4.74. The number of likely N-dealkylation sites (tertiary alicyclic amines) is 1. The Kier molecular flexibility index (Phi) is 5.18. The Morgan fingerprint density at radius 3 is 2.35 bits per heavy atom. The normalized spacial score (nSPS) is 40.2. The molecule has 5 atom stereocenters. The Morgan fingerprint density at radius 1 is 1.10 bits per heavy atom. The first-order chi connectivity index (χ1) is 9.38. The van der Waals surface area contributed by atoms with Crippen LogP contribution in [-0.4, -0.2) is 29.6 Å². The van der Waals surface area contributed by atoms with Gasteiger partial charge in [-0.3, -0.25) is 4.90 Å². The molecule has 2 nitrogen and oxygen atoms in total. The summed E-state index contributed by atoms with van der Waals surface area (Å²) in [6, 6.07) is 2.31.